The zero-order valence-corrected chi connectivity index (χ0v) is 17.1. The number of aromatic nitrogens is 4. The van der Waals surface area contributed by atoms with E-state index in [0.717, 1.165) is 32.5 Å². The highest BCUT2D eigenvalue weighted by Crippen LogP contribution is 2.23. The second kappa shape index (κ2) is 7.21. The summed E-state index contributed by atoms with van der Waals surface area (Å²) in [5.41, 5.74) is 3.29. The van der Waals surface area contributed by atoms with Crippen LogP contribution in [0.3, 0.4) is 0 Å². The zero-order chi connectivity index (χ0) is 19.0. The van der Waals surface area contributed by atoms with Gasteiger partial charge in [-0.1, -0.05) is 28.1 Å². The standard InChI is InChI=1S/C19H16BrN5OS/c1-11-16-8-13(9-21-17(16)25(2)24-11)18(26)23-19-22-10-15(27-19)7-12-3-5-14(20)6-4-12/h3-6,8-10H,7H2,1-2H3,(H,22,23,26). The molecule has 0 radical (unpaired) electrons. The van der Waals surface area contributed by atoms with Gasteiger partial charge in [-0.2, -0.15) is 5.10 Å². The van der Waals surface area contributed by atoms with Gasteiger partial charge in [0, 0.05) is 40.6 Å². The Morgan fingerprint density at radius 2 is 2.00 bits per heavy atom. The largest absolute Gasteiger partial charge is 0.298 e. The first-order chi connectivity index (χ1) is 13.0. The molecule has 1 aromatic carbocycles. The third-order valence-electron chi connectivity index (χ3n) is 4.19. The van der Waals surface area contributed by atoms with Crippen molar-refractivity contribution >= 4 is 49.3 Å². The molecule has 0 aliphatic rings. The van der Waals surface area contributed by atoms with Crippen LogP contribution in [0.5, 0.6) is 0 Å². The molecule has 4 rings (SSSR count). The lowest BCUT2D eigenvalue weighted by molar-refractivity contribution is 0.102. The number of pyridine rings is 1. The van der Waals surface area contributed by atoms with Crippen molar-refractivity contribution in [2.45, 2.75) is 13.3 Å². The average Bonchev–Trinajstić information content (AvgIpc) is 3.21. The molecule has 0 fully saturated rings. The number of amides is 1. The molecule has 0 unspecified atom stereocenters. The van der Waals surface area contributed by atoms with Crippen molar-refractivity contribution in [1.29, 1.82) is 0 Å². The summed E-state index contributed by atoms with van der Waals surface area (Å²) in [4.78, 5) is 22.3. The minimum Gasteiger partial charge on any atom is -0.298 e. The van der Waals surface area contributed by atoms with Crippen LogP contribution >= 0.6 is 27.3 Å². The molecule has 1 amide bonds. The van der Waals surface area contributed by atoms with Gasteiger partial charge in [0.1, 0.15) is 0 Å². The molecule has 0 aliphatic heterocycles. The minimum absolute atomic E-state index is 0.225. The summed E-state index contributed by atoms with van der Waals surface area (Å²) in [6.07, 6.45) is 4.15. The van der Waals surface area contributed by atoms with E-state index in [0.29, 0.717) is 10.7 Å². The van der Waals surface area contributed by atoms with Crippen LogP contribution in [0.4, 0.5) is 5.13 Å². The molecule has 27 heavy (non-hydrogen) atoms. The van der Waals surface area contributed by atoms with Gasteiger partial charge < -0.3 is 0 Å². The van der Waals surface area contributed by atoms with E-state index >= 15 is 0 Å². The third kappa shape index (κ3) is 3.77. The Morgan fingerprint density at radius 1 is 1.22 bits per heavy atom. The number of hydrogen-bond acceptors (Lipinski definition) is 5. The van der Waals surface area contributed by atoms with Gasteiger partial charge in [-0.25, -0.2) is 9.97 Å². The van der Waals surface area contributed by atoms with Gasteiger partial charge in [-0.15, -0.1) is 11.3 Å². The van der Waals surface area contributed by atoms with Gasteiger partial charge in [0.2, 0.25) is 0 Å². The van der Waals surface area contributed by atoms with Gasteiger partial charge >= 0.3 is 0 Å². The summed E-state index contributed by atoms with van der Waals surface area (Å²) >= 11 is 4.91. The number of aryl methyl sites for hydroxylation is 2. The highest BCUT2D eigenvalue weighted by molar-refractivity contribution is 9.10. The van der Waals surface area contributed by atoms with E-state index in [1.54, 1.807) is 17.1 Å². The monoisotopic (exact) mass is 441 g/mol. The number of carbonyl (C=O) groups is 1. The van der Waals surface area contributed by atoms with E-state index < -0.39 is 0 Å². The van der Waals surface area contributed by atoms with Crippen molar-refractivity contribution in [3.63, 3.8) is 0 Å². The fraction of sp³-hybridized carbons (Fsp3) is 0.158. The fourth-order valence-electron chi connectivity index (χ4n) is 2.85. The van der Waals surface area contributed by atoms with Crippen molar-refractivity contribution in [1.82, 2.24) is 19.7 Å². The number of carbonyl (C=O) groups excluding carboxylic acids is 1. The van der Waals surface area contributed by atoms with E-state index in [2.05, 4.69) is 48.4 Å². The average molecular weight is 442 g/mol. The van der Waals surface area contributed by atoms with Crippen molar-refractivity contribution in [2.24, 2.45) is 7.05 Å². The molecule has 3 aromatic heterocycles. The molecule has 0 spiro atoms. The van der Waals surface area contributed by atoms with Crippen molar-refractivity contribution in [2.75, 3.05) is 5.32 Å². The summed E-state index contributed by atoms with van der Waals surface area (Å²) < 4.78 is 2.76. The maximum atomic E-state index is 12.6. The minimum atomic E-state index is -0.225. The number of hydrogen-bond donors (Lipinski definition) is 1. The topological polar surface area (TPSA) is 72.7 Å². The quantitative estimate of drug-likeness (QED) is 0.511. The Kier molecular flexibility index (Phi) is 4.75. The van der Waals surface area contributed by atoms with Crippen LogP contribution in [0.2, 0.25) is 0 Å². The lowest BCUT2D eigenvalue weighted by atomic mass is 10.1. The molecule has 6 nitrogen and oxygen atoms in total. The number of benzene rings is 1. The molecule has 136 valence electrons. The lowest BCUT2D eigenvalue weighted by Crippen LogP contribution is -2.12. The summed E-state index contributed by atoms with van der Waals surface area (Å²) in [5.74, 6) is -0.225. The predicted octanol–water partition coefficient (Wildman–Crippen LogP) is 4.34. The van der Waals surface area contributed by atoms with E-state index in [-0.39, 0.29) is 5.91 Å². The Hall–Kier alpha value is -2.58. The number of thiazole rings is 1. The van der Waals surface area contributed by atoms with Crippen LogP contribution < -0.4 is 5.32 Å². The highest BCUT2D eigenvalue weighted by Gasteiger charge is 2.13. The number of halogens is 1. The van der Waals surface area contributed by atoms with E-state index in [4.69, 9.17) is 0 Å². The number of nitrogens with zero attached hydrogens (tertiary/aromatic N) is 4. The van der Waals surface area contributed by atoms with Crippen LogP contribution in [0, 0.1) is 6.92 Å². The van der Waals surface area contributed by atoms with E-state index in [1.807, 2.05) is 32.2 Å². The smallest absolute Gasteiger partial charge is 0.259 e. The highest BCUT2D eigenvalue weighted by atomic mass is 79.9. The normalized spacial score (nSPS) is 11.1. The van der Waals surface area contributed by atoms with Crippen molar-refractivity contribution in [3.8, 4) is 0 Å². The molecule has 0 atom stereocenters. The first kappa shape index (κ1) is 17.8. The third-order valence-corrected chi connectivity index (χ3v) is 5.63. The maximum Gasteiger partial charge on any atom is 0.259 e. The molecule has 8 heteroatoms. The molecule has 4 aromatic rings. The number of fused-ring (bicyclic) bond motifs is 1. The van der Waals surface area contributed by atoms with Crippen molar-refractivity contribution in [3.05, 3.63) is 68.9 Å². The van der Waals surface area contributed by atoms with Gasteiger partial charge in [-0.05, 0) is 30.7 Å². The summed E-state index contributed by atoms with van der Waals surface area (Å²) in [6.45, 7) is 1.90. The van der Waals surface area contributed by atoms with E-state index in [1.165, 1.54) is 16.9 Å². The molecule has 3 heterocycles. The zero-order valence-electron chi connectivity index (χ0n) is 14.7. The van der Waals surface area contributed by atoms with Crippen LogP contribution in [-0.2, 0) is 13.5 Å². The van der Waals surface area contributed by atoms with Gasteiger partial charge in [0.05, 0.1) is 11.3 Å². The van der Waals surface area contributed by atoms with Crippen LogP contribution in [-0.4, -0.2) is 25.7 Å². The second-order valence-electron chi connectivity index (χ2n) is 6.19. The number of anilines is 1. The van der Waals surface area contributed by atoms with Crippen molar-refractivity contribution < 1.29 is 4.79 Å². The Bertz CT molecular complexity index is 1130. The van der Waals surface area contributed by atoms with Crippen LogP contribution in [0.15, 0.2) is 47.2 Å². The van der Waals surface area contributed by atoms with E-state index in [9.17, 15) is 4.79 Å². The maximum absolute atomic E-state index is 12.6. The first-order valence-corrected chi connectivity index (χ1v) is 9.90. The first-order valence-electron chi connectivity index (χ1n) is 8.29. The summed E-state index contributed by atoms with van der Waals surface area (Å²) in [6, 6.07) is 9.99. The van der Waals surface area contributed by atoms with Crippen LogP contribution in [0.25, 0.3) is 11.0 Å². The Morgan fingerprint density at radius 3 is 2.78 bits per heavy atom. The van der Waals surface area contributed by atoms with Crippen LogP contribution in [0.1, 0.15) is 26.5 Å². The summed E-state index contributed by atoms with van der Waals surface area (Å²) in [5, 5.41) is 8.64. The SMILES string of the molecule is Cc1nn(C)c2ncc(C(=O)Nc3ncc(Cc4ccc(Br)cc4)s3)cc12. The molecular formula is C19H16BrN5OS. The Labute approximate surface area is 168 Å². The van der Waals surface area contributed by atoms with Gasteiger partial charge in [-0.3, -0.25) is 14.8 Å². The fourth-order valence-corrected chi connectivity index (χ4v) is 3.96. The number of nitrogens with one attached hydrogen (secondary N) is 1. The lowest BCUT2D eigenvalue weighted by Gasteiger charge is -2.02. The molecule has 0 aliphatic carbocycles. The molecule has 0 bridgehead atoms. The molecule has 0 saturated heterocycles. The van der Waals surface area contributed by atoms with Gasteiger partial charge in [0.15, 0.2) is 10.8 Å². The Balaban J connectivity index is 1.49. The molecule has 1 N–H and O–H groups in total. The summed E-state index contributed by atoms with van der Waals surface area (Å²) in [7, 11) is 1.84. The molecular weight excluding hydrogens is 426 g/mol. The van der Waals surface area contributed by atoms with Gasteiger partial charge in [0.25, 0.3) is 5.91 Å². The predicted molar refractivity (Wildman–Crippen MR) is 110 cm³/mol. The second-order valence-corrected chi connectivity index (χ2v) is 8.22. The number of rotatable bonds is 4. The molecule has 0 saturated carbocycles.